The summed E-state index contributed by atoms with van der Waals surface area (Å²) in [6.07, 6.45) is 2.12. The number of nitrogens with one attached hydrogen (secondary N) is 2. The van der Waals surface area contributed by atoms with Gasteiger partial charge in [0.05, 0.1) is 6.04 Å². The number of ether oxygens (including phenoxy) is 2. The van der Waals surface area contributed by atoms with Gasteiger partial charge in [0.25, 0.3) is 0 Å². The van der Waals surface area contributed by atoms with E-state index in [2.05, 4.69) is 38.3 Å². The second-order valence-corrected chi connectivity index (χ2v) is 7.06. The Balaban J connectivity index is 1.95. The lowest BCUT2D eigenvalue weighted by Gasteiger charge is -2.25. The molecule has 5 nitrogen and oxygen atoms in total. The summed E-state index contributed by atoms with van der Waals surface area (Å²) in [7, 11) is 0. The zero-order chi connectivity index (χ0) is 17.5. The highest BCUT2D eigenvalue weighted by atomic mass is 16.6. The highest BCUT2D eigenvalue weighted by Crippen LogP contribution is 2.34. The van der Waals surface area contributed by atoms with E-state index in [1.165, 1.54) is 0 Å². The predicted octanol–water partition coefficient (Wildman–Crippen LogP) is 3.89. The average molecular weight is 334 g/mol. The molecular weight excluding hydrogens is 304 g/mol. The number of urea groups is 1. The molecule has 2 amide bonds. The number of hydrogen-bond acceptors (Lipinski definition) is 3. The van der Waals surface area contributed by atoms with E-state index in [0.717, 1.165) is 29.9 Å². The van der Waals surface area contributed by atoms with E-state index < -0.39 is 0 Å². The van der Waals surface area contributed by atoms with Crippen LogP contribution in [0.1, 0.15) is 52.1 Å². The van der Waals surface area contributed by atoms with Crippen LogP contribution in [0, 0.1) is 11.8 Å². The van der Waals surface area contributed by atoms with Crippen LogP contribution in [-0.4, -0.2) is 25.8 Å². The Hall–Kier alpha value is -1.91. The molecule has 0 saturated heterocycles. The van der Waals surface area contributed by atoms with Gasteiger partial charge in [0.2, 0.25) is 0 Å². The van der Waals surface area contributed by atoms with Gasteiger partial charge in [0.1, 0.15) is 13.2 Å². The van der Waals surface area contributed by atoms with Crippen molar-refractivity contribution in [2.45, 2.75) is 46.6 Å². The predicted molar refractivity (Wildman–Crippen MR) is 95.6 cm³/mol. The summed E-state index contributed by atoms with van der Waals surface area (Å²) in [4.78, 5) is 12.2. The first kappa shape index (κ1) is 18.4. The van der Waals surface area contributed by atoms with Crippen molar-refractivity contribution < 1.29 is 14.3 Å². The van der Waals surface area contributed by atoms with Crippen molar-refractivity contribution in [2.75, 3.05) is 19.8 Å². The molecule has 0 bridgehead atoms. The lowest BCUT2D eigenvalue weighted by Crippen LogP contribution is -2.40. The van der Waals surface area contributed by atoms with Crippen LogP contribution in [0.2, 0.25) is 0 Å². The molecule has 1 aliphatic heterocycles. The minimum absolute atomic E-state index is 0.0640. The summed E-state index contributed by atoms with van der Waals surface area (Å²) in [5, 5.41) is 6.03. The van der Waals surface area contributed by atoms with E-state index in [0.29, 0.717) is 25.7 Å². The molecule has 0 aromatic heterocycles. The second kappa shape index (κ2) is 8.81. The number of carbonyl (C=O) groups excluding carboxylic acids is 1. The second-order valence-electron chi connectivity index (χ2n) is 7.06. The number of carbonyl (C=O) groups is 1. The lowest BCUT2D eigenvalue weighted by molar-refractivity contribution is 0.171. The molecule has 0 radical (unpaired) electrons. The van der Waals surface area contributed by atoms with Crippen LogP contribution in [0.3, 0.4) is 0 Å². The maximum absolute atomic E-state index is 12.2. The van der Waals surface area contributed by atoms with Crippen molar-refractivity contribution in [3.05, 3.63) is 23.8 Å². The van der Waals surface area contributed by atoms with E-state index in [4.69, 9.17) is 9.47 Å². The molecule has 2 rings (SSSR count). The third kappa shape index (κ3) is 5.32. The van der Waals surface area contributed by atoms with Crippen LogP contribution in [-0.2, 0) is 0 Å². The van der Waals surface area contributed by atoms with E-state index in [9.17, 15) is 4.79 Å². The topological polar surface area (TPSA) is 59.6 Å². The lowest BCUT2D eigenvalue weighted by atomic mass is 9.95. The Labute approximate surface area is 145 Å². The molecule has 1 aromatic carbocycles. The van der Waals surface area contributed by atoms with Gasteiger partial charge in [0.15, 0.2) is 11.5 Å². The fourth-order valence-electron chi connectivity index (χ4n) is 2.79. The van der Waals surface area contributed by atoms with Crippen LogP contribution < -0.4 is 20.1 Å². The molecule has 1 atom stereocenters. The van der Waals surface area contributed by atoms with Gasteiger partial charge >= 0.3 is 6.03 Å². The monoisotopic (exact) mass is 334 g/mol. The Bertz CT molecular complexity index is 543. The van der Waals surface area contributed by atoms with Crippen molar-refractivity contribution in [1.29, 1.82) is 0 Å². The summed E-state index contributed by atoms with van der Waals surface area (Å²) in [6, 6.07) is 5.70. The molecule has 1 heterocycles. The zero-order valence-corrected chi connectivity index (χ0v) is 15.2. The maximum atomic E-state index is 12.2. The molecule has 1 aromatic rings. The molecule has 5 heteroatoms. The SMILES string of the molecule is CC(C)CCCNC(=O)N[C@@H](c1ccc2c(c1)OCCO2)C(C)C. The molecular formula is C19H30N2O3. The summed E-state index contributed by atoms with van der Waals surface area (Å²) >= 11 is 0. The molecule has 1 aliphatic rings. The Kier molecular flexibility index (Phi) is 6.76. The van der Waals surface area contributed by atoms with Gasteiger partial charge in [-0.3, -0.25) is 0 Å². The van der Waals surface area contributed by atoms with Crippen molar-refractivity contribution >= 4 is 6.03 Å². The molecule has 134 valence electrons. The minimum atomic E-state index is -0.118. The van der Waals surface area contributed by atoms with Crippen molar-refractivity contribution in [3.63, 3.8) is 0 Å². The fourth-order valence-corrected chi connectivity index (χ4v) is 2.79. The Morgan fingerprint density at radius 1 is 1.12 bits per heavy atom. The maximum Gasteiger partial charge on any atom is 0.315 e. The average Bonchev–Trinajstić information content (AvgIpc) is 2.55. The van der Waals surface area contributed by atoms with E-state index in [1.807, 2.05) is 18.2 Å². The highest BCUT2D eigenvalue weighted by Gasteiger charge is 2.21. The minimum Gasteiger partial charge on any atom is -0.486 e. The van der Waals surface area contributed by atoms with Crippen LogP contribution in [0.4, 0.5) is 4.79 Å². The molecule has 0 unspecified atom stereocenters. The molecule has 0 fully saturated rings. The van der Waals surface area contributed by atoms with Gasteiger partial charge in [-0.2, -0.15) is 0 Å². The van der Waals surface area contributed by atoms with Gasteiger partial charge in [-0.1, -0.05) is 33.8 Å². The molecule has 0 aliphatic carbocycles. The largest absolute Gasteiger partial charge is 0.486 e. The van der Waals surface area contributed by atoms with E-state index in [1.54, 1.807) is 0 Å². The van der Waals surface area contributed by atoms with Crippen molar-refractivity contribution in [2.24, 2.45) is 11.8 Å². The Morgan fingerprint density at radius 3 is 2.50 bits per heavy atom. The summed E-state index contributed by atoms with van der Waals surface area (Å²) in [6.45, 7) is 10.4. The normalized spacial score (nSPS) is 14.6. The summed E-state index contributed by atoms with van der Waals surface area (Å²) in [5.41, 5.74) is 1.03. The van der Waals surface area contributed by atoms with Gasteiger partial charge in [-0.25, -0.2) is 4.79 Å². The number of fused-ring (bicyclic) bond motifs is 1. The molecule has 2 N–H and O–H groups in total. The van der Waals surface area contributed by atoms with Gasteiger partial charge in [-0.15, -0.1) is 0 Å². The van der Waals surface area contributed by atoms with Gasteiger partial charge < -0.3 is 20.1 Å². The summed E-state index contributed by atoms with van der Waals surface area (Å²) < 4.78 is 11.2. The van der Waals surface area contributed by atoms with Crippen molar-refractivity contribution in [3.8, 4) is 11.5 Å². The number of rotatable bonds is 7. The van der Waals surface area contributed by atoms with Crippen LogP contribution in [0.5, 0.6) is 11.5 Å². The molecule has 0 spiro atoms. The van der Waals surface area contributed by atoms with Gasteiger partial charge in [0, 0.05) is 6.54 Å². The first-order valence-corrected chi connectivity index (χ1v) is 8.91. The van der Waals surface area contributed by atoms with Crippen LogP contribution in [0.15, 0.2) is 18.2 Å². The van der Waals surface area contributed by atoms with Gasteiger partial charge in [-0.05, 0) is 42.4 Å². The molecule has 24 heavy (non-hydrogen) atoms. The van der Waals surface area contributed by atoms with E-state index in [-0.39, 0.29) is 18.0 Å². The van der Waals surface area contributed by atoms with Crippen LogP contribution >= 0.6 is 0 Å². The fraction of sp³-hybridized carbons (Fsp3) is 0.632. The highest BCUT2D eigenvalue weighted by molar-refractivity contribution is 5.74. The first-order valence-electron chi connectivity index (χ1n) is 8.91. The van der Waals surface area contributed by atoms with Crippen LogP contribution in [0.25, 0.3) is 0 Å². The first-order chi connectivity index (χ1) is 11.5. The Morgan fingerprint density at radius 2 is 1.83 bits per heavy atom. The number of hydrogen-bond donors (Lipinski definition) is 2. The third-order valence-corrected chi connectivity index (χ3v) is 4.12. The quantitative estimate of drug-likeness (QED) is 0.744. The standard InChI is InChI=1S/C19H30N2O3/c1-13(2)6-5-9-20-19(22)21-18(14(3)4)15-7-8-16-17(12-15)24-11-10-23-16/h7-8,12-14,18H,5-6,9-11H2,1-4H3,(H2,20,21,22)/t18-/m1/s1. The molecule has 0 saturated carbocycles. The number of benzene rings is 1. The van der Waals surface area contributed by atoms with E-state index >= 15 is 0 Å². The van der Waals surface area contributed by atoms with Crippen molar-refractivity contribution in [1.82, 2.24) is 10.6 Å². The number of amides is 2. The summed E-state index contributed by atoms with van der Waals surface area (Å²) in [5.74, 6) is 2.46. The zero-order valence-electron chi connectivity index (χ0n) is 15.2. The third-order valence-electron chi connectivity index (χ3n) is 4.12. The smallest absolute Gasteiger partial charge is 0.315 e.